The Hall–Kier alpha value is -1.95. The lowest BCUT2D eigenvalue weighted by Gasteiger charge is -2.38. The Morgan fingerprint density at radius 1 is 1.13 bits per heavy atom. The first-order chi connectivity index (χ1) is 10.4. The summed E-state index contributed by atoms with van der Waals surface area (Å²) in [6, 6.07) is 7.78. The third-order valence-corrected chi connectivity index (χ3v) is 3.51. The van der Waals surface area contributed by atoms with E-state index in [2.05, 4.69) is 16.9 Å². The van der Waals surface area contributed by atoms with Crippen molar-refractivity contribution in [3.8, 4) is 5.75 Å². The molecule has 1 heterocycles. The minimum Gasteiger partial charge on any atom is -0.494 e. The number of unbranched alkanes of at least 4 members (excludes halogenated alkanes) is 2. The van der Waals surface area contributed by atoms with Gasteiger partial charge in [0, 0.05) is 5.69 Å². The molecule has 0 saturated heterocycles. The minimum atomic E-state index is -0.570. The van der Waals surface area contributed by atoms with Crippen molar-refractivity contribution in [2.45, 2.75) is 45.7 Å². The molecule has 1 aliphatic heterocycles. The number of halogens is 1. The molecule has 0 amide bonds. The molecule has 0 unspecified atom stereocenters. The zero-order valence-corrected chi connectivity index (χ0v) is 14.8. The SMILES string of the molecule is CCCCCOc1ccc(N2C(N)=NC(N)=NC2(C)C)cc1.Cl. The molecule has 6 nitrogen and oxygen atoms in total. The van der Waals surface area contributed by atoms with Gasteiger partial charge in [-0.2, -0.15) is 4.99 Å². The first-order valence-corrected chi connectivity index (χ1v) is 7.66. The van der Waals surface area contributed by atoms with Crippen molar-refractivity contribution < 1.29 is 4.74 Å². The zero-order valence-electron chi connectivity index (χ0n) is 14.0. The predicted octanol–water partition coefficient (Wildman–Crippen LogP) is 2.86. The number of anilines is 1. The summed E-state index contributed by atoms with van der Waals surface area (Å²) in [6.45, 7) is 6.80. The fourth-order valence-corrected chi connectivity index (χ4v) is 2.48. The lowest BCUT2D eigenvalue weighted by molar-refractivity contribution is 0.306. The highest BCUT2D eigenvalue weighted by Gasteiger charge is 2.32. The number of guanidine groups is 2. The molecule has 23 heavy (non-hydrogen) atoms. The highest BCUT2D eigenvalue weighted by Crippen LogP contribution is 2.28. The number of ether oxygens (including phenoxy) is 1. The fourth-order valence-electron chi connectivity index (χ4n) is 2.48. The first-order valence-electron chi connectivity index (χ1n) is 7.66. The van der Waals surface area contributed by atoms with E-state index in [1.54, 1.807) is 0 Å². The fraction of sp³-hybridized carbons (Fsp3) is 0.500. The van der Waals surface area contributed by atoms with Gasteiger partial charge >= 0.3 is 0 Å². The second-order valence-corrected chi connectivity index (χ2v) is 5.82. The van der Waals surface area contributed by atoms with Crippen LogP contribution in [0, 0.1) is 0 Å². The number of nitrogens with zero attached hydrogens (tertiary/aromatic N) is 3. The van der Waals surface area contributed by atoms with E-state index in [1.165, 1.54) is 12.8 Å². The standard InChI is InChI=1S/C16H25N5O.ClH/c1-4-5-6-11-22-13-9-7-12(8-10-13)21-15(18)19-14(17)20-16(21,2)3;/h7-10H,4-6,11H2,1-3H3,(H4,17,18,19,20);1H. The normalized spacial score (nSPS) is 16.2. The Balaban J connectivity index is 0.00000264. The molecule has 4 N–H and O–H groups in total. The van der Waals surface area contributed by atoms with Crippen LogP contribution in [0.2, 0.25) is 0 Å². The highest BCUT2D eigenvalue weighted by atomic mass is 35.5. The van der Waals surface area contributed by atoms with Crippen LogP contribution in [0.5, 0.6) is 5.75 Å². The van der Waals surface area contributed by atoms with E-state index in [0.717, 1.165) is 24.5 Å². The van der Waals surface area contributed by atoms with Crippen LogP contribution in [0.25, 0.3) is 0 Å². The smallest absolute Gasteiger partial charge is 0.220 e. The Morgan fingerprint density at radius 2 is 1.78 bits per heavy atom. The minimum absolute atomic E-state index is 0. The molecule has 1 aromatic rings. The van der Waals surface area contributed by atoms with E-state index < -0.39 is 5.66 Å². The summed E-state index contributed by atoms with van der Waals surface area (Å²) in [5.41, 5.74) is 12.0. The molecule has 1 aliphatic rings. The Labute approximate surface area is 144 Å². The van der Waals surface area contributed by atoms with Crippen LogP contribution in [0.1, 0.15) is 40.0 Å². The maximum absolute atomic E-state index is 6.01. The van der Waals surface area contributed by atoms with Crippen molar-refractivity contribution >= 4 is 30.0 Å². The molecular weight excluding hydrogens is 314 g/mol. The first kappa shape index (κ1) is 19.1. The molecule has 2 rings (SSSR count). The van der Waals surface area contributed by atoms with Crippen molar-refractivity contribution in [1.82, 2.24) is 0 Å². The summed E-state index contributed by atoms with van der Waals surface area (Å²) < 4.78 is 5.72. The molecule has 0 spiro atoms. The van der Waals surface area contributed by atoms with Gasteiger partial charge < -0.3 is 16.2 Å². The largest absolute Gasteiger partial charge is 0.494 e. The monoisotopic (exact) mass is 339 g/mol. The van der Waals surface area contributed by atoms with Gasteiger partial charge in [0.05, 0.1) is 6.61 Å². The van der Waals surface area contributed by atoms with E-state index in [-0.39, 0.29) is 18.4 Å². The Bertz CT molecular complexity index is 568. The van der Waals surface area contributed by atoms with Crippen molar-refractivity contribution in [1.29, 1.82) is 0 Å². The molecule has 7 heteroatoms. The summed E-state index contributed by atoms with van der Waals surface area (Å²) >= 11 is 0. The molecule has 0 fully saturated rings. The average molecular weight is 340 g/mol. The number of hydrogen-bond acceptors (Lipinski definition) is 6. The molecule has 0 bridgehead atoms. The van der Waals surface area contributed by atoms with E-state index in [1.807, 2.05) is 43.0 Å². The third-order valence-electron chi connectivity index (χ3n) is 3.51. The van der Waals surface area contributed by atoms with Crippen LogP contribution >= 0.6 is 12.4 Å². The van der Waals surface area contributed by atoms with Gasteiger partial charge in [0.25, 0.3) is 0 Å². The lowest BCUT2D eigenvalue weighted by Crippen LogP contribution is -2.54. The van der Waals surface area contributed by atoms with Gasteiger partial charge in [-0.05, 0) is 44.5 Å². The maximum Gasteiger partial charge on any atom is 0.220 e. The number of nitrogens with two attached hydrogens (primary N) is 2. The van der Waals surface area contributed by atoms with E-state index in [0.29, 0.717) is 5.96 Å². The van der Waals surface area contributed by atoms with Crippen molar-refractivity contribution in [2.75, 3.05) is 11.5 Å². The Morgan fingerprint density at radius 3 is 2.35 bits per heavy atom. The van der Waals surface area contributed by atoms with E-state index >= 15 is 0 Å². The summed E-state index contributed by atoms with van der Waals surface area (Å²) in [7, 11) is 0. The van der Waals surface area contributed by atoms with Gasteiger partial charge in [-0.15, -0.1) is 12.4 Å². The summed E-state index contributed by atoms with van der Waals surface area (Å²) in [4.78, 5) is 10.2. The summed E-state index contributed by atoms with van der Waals surface area (Å²) in [6.07, 6.45) is 3.45. The zero-order chi connectivity index (χ0) is 16.2. The molecule has 0 aliphatic carbocycles. The van der Waals surface area contributed by atoms with Crippen LogP contribution in [-0.2, 0) is 0 Å². The Kier molecular flexibility index (Phi) is 6.69. The topological polar surface area (TPSA) is 89.2 Å². The van der Waals surface area contributed by atoms with Gasteiger partial charge in [0.15, 0.2) is 0 Å². The van der Waals surface area contributed by atoms with Crippen LogP contribution in [0.4, 0.5) is 5.69 Å². The highest BCUT2D eigenvalue weighted by molar-refractivity contribution is 6.05. The van der Waals surface area contributed by atoms with Crippen molar-refractivity contribution in [3.63, 3.8) is 0 Å². The van der Waals surface area contributed by atoms with Crippen LogP contribution in [-0.4, -0.2) is 24.2 Å². The number of benzene rings is 1. The van der Waals surface area contributed by atoms with Gasteiger partial charge in [0.1, 0.15) is 11.4 Å². The average Bonchev–Trinajstić information content (AvgIpc) is 2.43. The molecule has 0 radical (unpaired) electrons. The lowest BCUT2D eigenvalue weighted by atomic mass is 10.1. The molecule has 0 aromatic heterocycles. The van der Waals surface area contributed by atoms with Crippen molar-refractivity contribution in [2.24, 2.45) is 21.5 Å². The van der Waals surface area contributed by atoms with Gasteiger partial charge in [0.2, 0.25) is 11.9 Å². The molecule has 0 atom stereocenters. The number of aliphatic imine (C=N–C) groups is 2. The molecule has 1 aromatic carbocycles. The number of hydrogen-bond donors (Lipinski definition) is 2. The molecule has 0 saturated carbocycles. The second kappa shape index (κ2) is 8.06. The quantitative estimate of drug-likeness (QED) is 0.780. The van der Waals surface area contributed by atoms with E-state index in [4.69, 9.17) is 16.2 Å². The van der Waals surface area contributed by atoms with Gasteiger partial charge in [-0.25, -0.2) is 4.99 Å². The van der Waals surface area contributed by atoms with Gasteiger partial charge in [-0.1, -0.05) is 19.8 Å². The van der Waals surface area contributed by atoms with Gasteiger partial charge in [-0.3, -0.25) is 4.90 Å². The third kappa shape index (κ3) is 4.76. The van der Waals surface area contributed by atoms with E-state index in [9.17, 15) is 0 Å². The van der Waals surface area contributed by atoms with Crippen molar-refractivity contribution in [3.05, 3.63) is 24.3 Å². The second-order valence-electron chi connectivity index (χ2n) is 5.82. The molecular formula is C16H26ClN5O. The summed E-state index contributed by atoms with van der Waals surface area (Å²) in [5, 5.41) is 0. The van der Waals surface area contributed by atoms with Crippen LogP contribution in [0.3, 0.4) is 0 Å². The maximum atomic E-state index is 6.01. The molecule has 128 valence electrons. The van der Waals surface area contributed by atoms with Crippen LogP contribution < -0.4 is 21.1 Å². The summed E-state index contributed by atoms with van der Waals surface area (Å²) in [5.74, 6) is 1.40. The number of rotatable bonds is 6. The predicted molar refractivity (Wildman–Crippen MR) is 98.5 cm³/mol. The van der Waals surface area contributed by atoms with Crippen LogP contribution in [0.15, 0.2) is 34.3 Å².